The number of nitrogens with one attached hydrogen (secondary N) is 1. The lowest BCUT2D eigenvalue weighted by Crippen LogP contribution is -2.41. The van der Waals surface area contributed by atoms with Gasteiger partial charge in [-0.05, 0) is 50.2 Å². The number of aryl methyl sites for hydroxylation is 1. The van der Waals surface area contributed by atoms with Crippen molar-refractivity contribution < 1.29 is 14.3 Å². The smallest absolute Gasteiger partial charge is 0.268 e. The third kappa shape index (κ3) is 4.23. The molecule has 5 rings (SSSR count). The molecule has 4 aromatic rings. The van der Waals surface area contributed by atoms with Crippen LogP contribution in [0.25, 0.3) is 34.3 Å². The predicted molar refractivity (Wildman–Crippen MR) is 129 cm³/mol. The molecule has 2 aromatic heterocycles. The number of aromatic nitrogens is 4. The quantitative estimate of drug-likeness (QED) is 0.429. The molecule has 9 nitrogen and oxygen atoms in total. The van der Waals surface area contributed by atoms with E-state index < -0.39 is 10.0 Å². The van der Waals surface area contributed by atoms with E-state index in [2.05, 4.69) is 25.5 Å². The summed E-state index contributed by atoms with van der Waals surface area (Å²) in [4.78, 5) is 9.41. The molecule has 3 heterocycles. The highest BCUT2D eigenvalue weighted by Crippen LogP contribution is 2.28. The van der Waals surface area contributed by atoms with E-state index >= 15 is 0 Å². The summed E-state index contributed by atoms with van der Waals surface area (Å²) in [6.07, 6.45) is 2.55. The zero-order chi connectivity index (χ0) is 23.7. The summed E-state index contributed by atoms with van der Waals surface area (Å²) in [5.74, 6) is 0.677. The summed E-state index contributed by atoms with van der Waals surface area (Å²) in [6, 6.07) is 14.6. The summed E-state index contributed by atoms with van der Waals surface area (Å²) >= 11 is 0. The highest BCUT2D eigenvalue weighted by Gasteiger charge is 2.29. The second-order valence-electron chi connectivity index (χ2n) is 8.11. The van der Waals surface area contributed by atoms with Gasteiger partial charge in [-0.3, -0.25) is 4.98 Å². The molecule has 1 aliphatic rings. The molecule has 0 amide bonds. The van der Waals surface area contributed by atoms with E-state index in [4.69, 9.17) is 4.42 Å². The van der Waals surface area contributed by atoms with Crippen molar-refractivity contribution in [3.63, 3.8) is 0 Å². The third-order valence-electron chi connectivity index (χ3n) is 5.77. The number of hydrogen-bond acceptors (Lipinski definition) is 8. The van der Waals surface area contributed by atoms with Crippen LogP contribution in [0.5, 0.6) is 0 Å². The van der Waals surface area contributed by atoms with Crippen LogP contribution in [-0.2, 0) is 16.6 Å². The van der Waals surface area contributed by atoms with E-state index in [0.717, 1.165) is 29.7 Å². The number of rotatable bonds is 7. The molecule has 1 fully saturated rings. The zero-order valence-electron chi connectivity index (χ0n) is 18.9. The van der Waals surface area contributed by atoms with Gasteiger partial charge in [0.15, 0.2) is 0 Å². The van der Waals surface area contributed by atoms with E-state index in [1.54, 1.807) is 30.5 Å². The minimum atomic E-state index is -3.43. The first-order valence-corrected chi connectivity index (χ1v) is 12.4. The van der Waals surface area contributed by atoms with Gasteiger partial charge in [-0.15, -0.1) is 10.2 Å². The fourth-order valence-corrected chi connectivity index (χ4v) is 5.19. The van der Waals surface area contributed by atoms with Gasteiger partial charge in [-0.2, -0.15) is 4.31 Å². The van der Waals surface area contributed by atoms with Crippen LogP contribution in [0.15, 0.2) is 64.0 Å². The second-order valence-corrected chi connectivity index (χ2v) is 10.0. The lowest BCUT2D eigenvalue weighted by molar-refractivity contribution is 0.309. The Morgan fingerprint density at radius 2 is 1.68 bits per heavy atom. The van der Waals surface area contributed by atoms with E-state index in [1.165, 1.54) is 4.31 Å². The summed E-state index contributed by atoms with van der Waals surface area (Å²) in [5.41, 5.74) is 4.45. The molecular formula is C24H26N6O3S. The molecule has 0 unspecified atom stereocenters. The van der Waals surface area contributed by atoms with Crippen LogP contribution < -0.4 is 5.32 Å². The SMILES string of the molecule is CNCc1ccc(-c2nnc(-c3nc(-c4ccc(S(=O)(=O)N5CCC5)cc4)cnc3C)o2)cc1.[HH]. The van der Waals surface area contributed by atoms with Gasteiger partial charge in [-0.25, -0.2) is 13.4 Å². The normalized spacial score (nSPS) is 14.2. The van der Waals surface area contributed by atoms with Crippen LogP contribution in [0, 0.1) is 6.92 Å². The van der Waals surface area contributed by atoms with Crippen LogP contribution in [-0.4, -0.2) is 53.0 Å². The highest BCUT2D eigenvalue weighted by molar-refractivity contribution is 7.89. The minimum absolute atomic E-state index is 0. The number of sulfonamides is 1. The molecule has 0 radical (unpaired) electrons. The molecule has 1 N–H and O–H groups in total. The topological polar surface area (TPSA) is 114 Å². The maximum absolute atomic E-state index is 12.6. The Balaban J connectivity index is 0.00000289. The first-order valence-electron chi connectivity index (χ1n) is 11.0. The lowest BCUT2D eigenvalue weighted by atomic mass is 10.1. The molecule has 1 saturated heterocycles. The van der Waals surface area contributed by atoms with Crippen molar-refractivity contribution >= 4 is 10.0 Å². The summed E-state index contributed by atoms with van der Waals surface area (Å²) in [5, 5.41) is 11.5. The monoisotopic (exact) mass is 478 g/mol. The Hall–Kier alpha value is -3.47. The second kappa shape index (κ2) is 9.05. The van der Waals surface area contributed by atoms with Gasteiger partial charge in [0.05, 0.1) is 22.5 Å². The van der Waals surface area contributed by atoms with Gasteiger partial charge in [0, 0.05) is 32.2 Å². The molecule has 0 spiro atoms. The van der Waals surface area contributed by atoms with E-state index in [1.807, 2.05) is 38.2 Å². The van der Waals surface area contributed by atoms with Gasteiger partial charge in [-0.1, -0.05) is 24.3 Å². The summed E-state index contributed by atoms with van der Waals surface area (Å²) in [6.45, 7) is 3.75. The van der Waals surface area contributed by atoms with E-state index in [-0.39, 0.29) is 12.2 Å². The standard InChI is InChI=1S/C24H24N6O3S.H2/c1-16-22(24-29-28-23(33-24)19-6-4-17(5-7-19)14-25-2)27-21(15-26-16)18-8-10-20(11-9-18)34(31,32)30-12-3-13-30;/h4-11,15,25H,3,12-14H2,1-2H3;1H. The van der Waals surface area contributed by atoms with Crippen molar-refractivity contribution in [2.45, 2.75) is 24.8 Å². The molecular weight excluding hydrogens is 452 g/mol. The van der Waals surface area contributed by atoms with Crippen molar-refractivity contribution in [2.75, 3.05) is 20.1 Å². The molecule has 0 bridgehead atoms. The van der Waals surface area contributed by atoms with Gasteiger partial charge in [0.1, 0.15) is 5.69 Å². The van der Waals surface area contributed by atoms with Crippen molar-refractivity contribution in [1.29, 1.82) is 0 Å². The predicted octanol–water partition coefficient (Wildman–Crippen LogP) is 3.53. The van der Waals surface area contributed by atoms with Crippen molar-refractivity contribution in [1.82, 2.24) is 29.8 Å². The molecule has 176 valence electrons. The average Bonchev–Trinajstić information content (AvgIpc) is 3.29. The Kier molecular flexibility index (Phi) is 5.94. The number of hydrogen-bond donors (Lipinski definition) is 1. The van der Waals surface area contributed by atoms with Gasteiger partial charge in [0.2, 0.25) is 15.9 Å². The third-order valence-corrected chi connectivity index (χ3v) is 7.68. The van der Waals surface area contributed by atoms with Crippen LogP contribution in [0.4, 0.5) is 0 Å². The van der Waals surface area contributed by atoms with Crippen LogP contribution >= 0.6 is 0 Å². The Labute approximate surface area is 199 Å². The summed E-state index contributed by atoms with van der Waals surface area (Å²) in [7, 11) is -1.53. The lowest BCUT2D eigenvalue weighted by Gasteiger charge is -2.29. The maximum atomic E-state index is 12.6. The first kappa shape index (κ1) is 22.3. The molecule has 34 heavy (non-hydrogen) atoms. The van der Waals surface area contributed by atoms with Gasteiger partial charge < -0.3 is 9.73 Å². The number of benzene rings is 2. The zero-order valence-corrected chi connectivity index (χ0v) is 19.7. The molecule has 0 aliphatic carbocycles. The van der Waals surface area contributed by atoms with Gasteiger partial charge >= 0.3 is 0 Å². The molecule has 0 atom stereocenters. The maximum Gasteiger partial charge on any atom is 0.268 e. The largest absolute Gasteiger partial charge is 0.415 e. The highest BCUT2D eigenvalue weighted by atomic mass is 32.2. The number of nitrogens with zero attached hydrogens (tertiary/aromatic N) is 5. The molecule has 2 aromatic carbocycles. The molecule has 10 heteroatoms. The first-order chi connectivity index (χ1) is 16.5. The average molecular weight is 479 g/mol. The van der Waals surface area contributed by atoms with E-state index in [9.17, 15) is 8.42 Å². The molecule has 1 aliphatic heterocycles. The summed E-state index contributed by atoms with van der Waals surface area (Å²) < 4.78 is 32.6. The fourth-order valence-electron chi connectivity index (χ4n) is 3.67. The minimum Gasteiger partial charge on any atom is -0.415 e. The Morgan fingerprint density at radius 3 is 2.32 bits per heavy atom. The van der Waals surface area contributed by atoms with Crippen molar-refractivity contribution in [2.24, 2.45) is 0 Å². The Bertz CT molecular complexity index is 1420. The fraction of sp³-hybridized carbons (Fsp3) is 0.250. The van der Waals surface area contributed by atoms with Crippen LogP contribution in [0.1, 0.15) is 19.1 Å². The van der Waals surface area contributed by atoms with Gasteiger partial charge in [0.25, 0.3) is 5.89 Å². The van der Waals surface area contributed by atoms with Crippen LogP contribution in [0.2, 0.25) is 0 Å². The van der Waals surface area contributed by atoms with Crippen molar-refractivity contribution in [3.05, 3.63) is 66.0 Å². The van der Waals surface area contributed by atoms with Crippen LogP contribution in [0.3, 0.4) is 0 Å². The molecule has 0 saturated carbocycles. The Morgan fingerprint density at radius 1 is 1.00 bits per heavy atom. The van der Waals surface area contributed by atoms with E-state index in [0.29, 0.717) is 36.1 Å². The van der Waals surface area contributed by atoms with Crippen molar-refractivity contribution in [3.8, 4) is 34.3 Å².